The highest BCUT2D eigenvalue weighted by molar-refractivity contribution is 6.08. The molecule has 9 nitrogen and oxygen atoms in total. The van der Waals surface area contributed by atoms with Gasteiger partial charge in [0.2, 0.25) is 0 Å². The predicted octanol–water partition coefficient (Wildman–Crippen LogP) is 10.6. The predicted molar refractivity (Wildman–Crippen MR) is 195 cm³/mol. The molecule has 3 fully saturated rings. The lowest BCUT2D eigenvalue weighted by Crippen LogP contribution is -2.55. The van der Waals surface area contributed by atoms with Crippen LogP contribution in [0.2, 0.25) is 0 Å². The molecule has 5 atom stereocenters. The molecular weight excluding hydrogens is 716 g/mol. The fourth-order valence-electron chi connectivity index (χ4n) is 7.67. The summed E-state index contributed by atoms with van der Waals surface area (Å²) >= 11 is 0. The molecule has 3 amide bonds. The van der Waals surface area contributed by atoms with E-state index in [2.05, 4.69) is 32.8 Å². The normalized spacial score (nSPS) is 20.1. The van der Waals surface area contributed by atoms with Crippen molar-refractivity contribution < 1.29 is 45.4 Å². The molecular formula is C39H43F6N5O4. The number of ether oxygens (including phenoxy) is 2. The highest BCUT2D eigenvalue weighted by atomic mass is 19.4. The van der Waals surface area contributed by atoms with Crippen molar-refractivity contribution in [1.29, 1.82) is 0 Å². The number of amides is 3. The number of benzene rings is 3. The Bertz CT molecular complexity index is 2020. The van der Waals surface area contributed by atoms with Gasteiger partial charge < -0.3 is 20.1 Å². The third-order valence-corrected chi connectivity index (χ3v) is 10.0. The third-order valence-electron chi connectivity index (χ3n) is 10.0. The Kier molecular flexibility index (Phi) is 11.7. The summed E-state index contributed by atoms with van der Waals surface area (Å²) in [6, 6.07) is 10.1. The van der Waals surface area contributed by atoms with E-state index >= 15 is 0 Å². The number of aryl methyl sites for hydroxylation is 2. The van der Waals surface area contributed by atoms with Crippen LogP contribution in [0.4, 0.5) is 53.0 Å². The molecule has 3 aromatic carbocycles. The Labute approximate surface area is 309 Å². The topological polar surface area (TPSA) is 105 Å². The van der Waals surface area contributed by atoms with Gasteiger partial charge in [0, 0.05) is 35.1 Å². The van der Waals surface area contributed by atoms with Gasteiger partial charge in [0.25, 0.3) is 0 Å². The van der Waals surface area contributed by atoms with Gasteiger partial charge in [0.15, 0.2) is 0 Å². The molecule has 4 unspecified atom stereocenters. The SMILES string of the molecule is C.CCC1CN2CCC1CC2[C@H](OC(=O)Nc1cc(C)cc(C(F)(F)F)c1)c1ccnc2ccc(OC)c(NC(=O)Nc3cc(C)cc(C(F)(F)F)c3)c12. The Hall–Kier alpha value is -5.05. The monoisotopic (exact) mass is 759 g/mol. The number of urea groups is 1. The zero-order valence-corrected chi connectivity index (χ0v) is 29.4. The number of hydrogen-bond acceptors (Lipinski definition) is 6. The number of hydrogen-bond donors (Lipinski definition) is 3. The fourth-order valence-corrected chi connectivity index (χ4v) is 7.67. The van der Waals surface area contributed by atoms with E-state index in [0.29, 0.717) is 34.7 Å². The molecule has 7 rings (SSSR count). The lowest BCUT2D eigenvalue weighted by molar-refractivity contribution is -0.138. The summed E-state index contributed by atoms with van der Waals surface area (Å²) in [5.74, 6) is 0.982. The molecule has 15 heteroatoms. The number of piperidine rings is 3. The second-order valence-electron chi connectivity index (χ2n) is 13.7. The molecule has 4 heterocycles. The number of alkyl halides is 6. The first-order valence-electron chi connectivity index (χ1n) is 17.2. The molecule has 3 saturated heterocycles. The van der Waals surface area contributed by atoms with Crippen LogP contribution in [0, 0.1) is 25.7 Å². The highest BCUT2D eigenvalue weighted by Crippen LogP contribution is 2.46. The van der Waals surface area contributed by atoms with Gasteiger partial charge in [0.1, 0.15) is 11.9 Å². The van der Waals surface area contributed by atoms with Crippen LogP contribution < -0.4 is 20.7 Å². The number of carbonyl (C=O) groups is 2. The average molecular weight is 760 g/mol. The lowest BCUT2D eigenvalue weighted by atomic mass is 9.72. The van der Waals surface area contributed by atoms with Gasteiger partial charge in [-0.2, -0.15) is 26.3 Å². The second-order valence-corrected chi connectivity index (χ2v) is 13.7. The number of carbonyl (C=O) groups excluding carboxylic acids is 2. The molecule has 3 aliphatic rings. The first kappa shape index (κ1) is 40.1. The lowest BCUT2D eigenvalue weighted by Gasteiger charge is -2.51. The highest BCUT2D eigenvalue weighted by Gasteiger charge is 2.45. The Balaban J connectivity index is 0.00000561. The van der Waals surface area contributed by atoms with Crippen LogP contribution in [0.3, 0.4) is 0 Å². The van der Waals surface area contributed by atoms with Gasteiger partial charge in [-0.3, -0.25) is 15.2 Å². The van der Waals surface area contributed by atoms with Crippen molar-refractivity contribution in [3.05, 3.63) is 88.6 Å². The summed E-state index contributed by atoms with van der Waals surface area (Å²) in [6.45, 7) is 6.60. The summed E-state index contributed by atoms with van der Waals surface area (Å²) in [7, 11) is 1.38. The van der Waals surface area contributed by atoms with Gasteiger partial charge >= 0.3 is 24.5 Å². The van der Waals surface area contributed by atoms with Crippen molar-refractivity contribution in [2.24, 2.45) is 11.8 Å². The Morgan fingerprint density at radius 1 is 0.907 bits per heavy atom. The number of pyridine rings is 1. The van der Waals surface area contributed by atoms with Crippen LogP contribution in [0.25, 0.3) is 10.9 Å². The molecule has 0 saturated carbocycles. The maximum absolute atomic E-state index is 13.7. The number of methoxy groups -OCH3 is 1. The number of nitrogens with one attached hydrogen (secondary N) is 3. The van der Waals surface area contributed by atoms with E-state index in [4.69, 9.17) is 9.47 Å². The van der Waals surface area contributed by atoms with Crippen molar-refractivity contribution in [2.75, 3.05) is 36.1 Å². The standard InChI is InChI=1S/C38H39F6N5O4.CH4/c1-5-22-19-49-11-9-23(22)16-30(49)34(53-36(51)47-27-15-21(3)13-25(18-27)38(42,43)44)28-8-10-45-29-6-7-31(52-4)33(32(28)29)48-35(50)46-26-14-20(2)12-24(17-26)37(39,40)41;/h6-8,10,12-15,17-18,22-23,30,34H,5,9,11,16,19H2,1-4H3,(H,47,51)(H2,46,48,50);1H4/t22?,23?,30?,34-;/m1./s1. The Morgan fingerprint density at radius 3 is 2.09 bits per heavy atom. The van der Waals surface area contributed by atoms with Crippen LogP contribution in [0.15, 0.2) is 60.8 Å². The first-order valence-corrected chi connectivity index (χ1v) is 17.2. The number of halogens is 6. The number of aromatic nitrogens is 1. The maximum atomic E-state index is 13.7. The van der Waals surface area contributed by atoms with E-state index < -0.39 is 41.7 Å². The molecule has 0 aliphatic carbocycles. The first-order chi connectivity index (χ1) is 25.0. The fraction of sp³-hybridized carbons (Fsp3) is 0.410. The molecule has 4 aromatic rings. The molecule has 1 aromatic heterocycles. The van der Waals surface area contributed by atoms with E-state index in [-0.39, 0.29) is 47.4 Å². The van der Waals surface area contributed by atoms with E-state index in [1.165, 1.54) is 39.3 Å². The quantitative estimate of drug-likeness (QED) is 0.155. The van der Waals surface area contributed by atoms with E-state index in [9.17, 15) is 35.9 Å². The van der Waals surface area contributed by atoms with Gasteiger partial charge in [0.05, 0.1) is 35.5 Å². The van der Waals surface area contributed by atoms with Crippen molar-refractivity contribution in [3.63, 3.8) is 0 Å². The number of rotatable bonds is 8. The van der Waals surface area contributed by atoms with Crippen LogP contribution in [-0.2, 0) is 17.1 Å². The van der Waals surface area contributed by atoms with E-state index in [1.807, 2.05) is 0 Å². The largest absolute Gasteiger partial charge is 0.495 e. The van der Waals surface area contributed by atoms with E-state index in [1.54, 1.807) is 18.2 Å². The van der Waals surface area contributed by atoms with Crippen molar-refractivity contribution in [1.82, 2.24) is 9.88 Å². The summed E-state index contributed by atoms with van der Waals surface area (Å²) in [5, 5.41) is 8.04. The van der Waals surface area contributed by atoms with Gasteiger partial charge in [-0.1, -0.05) is 20.8 Å². The average Bonchev–Trinajstić information content (AvgIpc) is 3.09. The maximum Gasteiger partial charge on any atom is 0.416 e. The van der Waals surface area contributed by atoms with Crippen LogP contribution in [-0.4, -0.2) is 48.2 Å². The number of fused-ring (bicyclic) bond motifs is 4. The summed E-state index contributed by atoms with van der Waals surface area (Å²) in [4.78, 5) is 33.9. The number of nitrogens with zero attached hydrogens (tertiary/aromatic N) is 2. The minimum Gasteiger partial charge on any atom is -0.495 e. The number of anilines is 3. The van der Waals surface area contributed by atoms with Crippen molar-refractivity contribution in [2.45, 2.75) is 72.0 Å². The zero-order chi connectivity index (χ0) is 38.2. The molecule has 0 spiro atoms. The minimum absolute atomic E-state index is 0. The Morgan fingerprint density at radius 2 is 1.54 bits per heavy atom. The van der Waals surface area contributed by atoms with Gasteiger partial charge in [-0.25, -0.2) is 9.59 Å². The van der Waals surface area contributed by atoms with Gasteiger partial charge in [-0.05, 0) is 111 Å². The molecule has 3 N–H and O–H groups in total. The molecule has 3 aliphatic heterocycles. The summed E-state index contributed by atoms with van der Waals surface area (Å²) in [5.41, 5.74) is -0.513. The smallest absolute Gasteiger partial charge is 0.416 e. The third kappa shape index (κ3) is 8.67. The van der Waals surface area contributed by atoms with Crippen LogP contribution in [0.1, 0.15) is 67.5 Å². The minimum atomic E-state index is -4.63. The van der Waals surface area contributed by atoms with Gasteiger partial charge in [-0.15, -0.1) is 0 Å². The molecule has 290 valence electrons. The van der Waals surface area contributed by atoms with Crippen molar-refractivity contribution >= 4 is 40.1 Å². The van der Waals surface area contributed by atoms with Crippen LogP contribution in [0.5, 0.6) is 5.75 Å². The van der Waals surface area contributed by atoms with Crippen molar-refractivity contribution in [3.8, 4) is 5.75 Å². The molecule has 2 bridgehead atoms. The zero-order valence-electron chi connectivity index (χ0n) is 29.4. The molecule has 0 radical (unpaired) electrons. The van der Waals surface area contributed by atoms with Crippen LogP contribution >= 0.6 is 0 Å². The second kappa shape index (κ2) is 15.7. The summed E-state index contributed by atoms with van der Waals surface area (Å²) in [6.07, 6.45) is -7.11. The summed E-state index contributed by atoms with van der Waals surface area (Å²) < 4.78 is 93.2. The van der Waals surface area contributed by atoms with E-state index in [0.717, 1.165) is 50.2 Å². The molecule has 54 heavy (non-hydrogen) atoms.